The highest BCUT2D eigenvalue weighted by Crippen LogP contribution is 2.22. The maximum atomic E-state index is 10.2. The van der Waals surface area contributed by atoms with Gasteiger partial charge in [-0.3, -0.25) is 0 Å². The van der Waals surface area contributed by atoms with Crippen LogP contribution in [0.3, 0.4) is 0 Å². The molecule has 76 valence electrons. The van der Waals surface area contributed by atoms with Crippen LogP contribution in [-0.4, -0.2) is 28.9 Å². The highest BCUT2D eigenvalue weighted by molar-refractivity contribution is 5.80. The summed E-state index contributed by atoms with van der Waals surface area (Å²) in [7, 11) is 1.54. The average Bonchev–Trinajstić information content (AvgIpc) is 2.16. The third-order valence-corrected chi connectivity index (χ3v) is 1.92. The number of rotatable bonds is 3. The standard InChI is InChI=1S/C10H12O4/c1-14-8-2-5-10(13,6-3-8)7-4-9(11)12/h2-5,7,13H,6H2,1H3,(H,11,12)/b7-4+. The molecule has 1 atom stereocenters. The number of hydrogen-bond acceptors (Lipinski definition) is 3. The number of hydrogen-bond donors (Lipinski definition) is 2. The van der Waals surface area contributed by atoms with Crippen molar-refractivity contribution in [2.24, 2.45) is 0 Å². The lowest BCUT2D eigenvalue weighted by Crippen LogP contribution is -2.24. The summed E-state index contributed by atoms with van der Waals surface area (Å²) in [5.41, 5.74) is -1.21. The fourth-order valence-electron chi connectivity index (χ4n) is 1.12. The Labute approximate surface area is 81.8 Å². The molecule has 1 unspecified atom stereocenters. The van der Waals surface area contributed by atoms with Gasteiger partial charge in [0.2, 0.25) is 0 Å². The molecule has 0 fully saturated rings. The summed E-state index contributed by atoms with van der Waals surface area (Å²) in [5.74, 6) is -0.410. The van der Waals surface area contributed by atoms with Gasteiger partial charge in [-0.25, -0.2) is 4.79 Å². The summed E-state index contributed by atoms with van der Waals surface area (Å²) < 4.78 is 4.93. The van der Waals surface area contributed by atoms with Crippen molar-refractivity contribution in [1.82, 2.24) is 0 Å². The van der Waals surface area contributed by atoms with Crippen LogP contribution in [0.2, 0.25) is 0 Å². The van der Waals surface area contributed by atoms with Crippen LogP contribution in [0, 0.1) is 0 Å². The monoisotopic (exact) mass is 196 g/mol. The van der Waals surface area contributed by atoms with Crippen LogP contribution in [0.5, 0.6) is 0 Å². The predicted molar refractivity (Wildman–Crippen MR) is 50.6 cm³/mol. The summed E-state index contributed by atoms with van der Waals surface area (Å²) in [4.78, 5) is 10.2. The summed E-state index contributed by atoms with van der Waals surface area (Å²) in [6.45, 7) is 0. The van der Waals surface area contributed by atoms with Crippen molar-refractivity contribution in [2.45, 2.75) is 12.0 Å². The van der Waals surface area contributed by atoms with E-state index in [1.54, 1.807) is 12.2 Å². The number of carboxylic acids is 1. The SMILES string of the molecule is COC1=CCC(O)(/C=C/C(=O)O)C=C1. The van der Waals surface area contributed by atoms with Gasteiger partial charge in [-0.2, -0.15) is 0 Å². The van der Waals surface area contributed by atoms with Gasteiger partial charge in [-0.15, -0.1) is 0 Å². The maximum absolute atomic E-state index is 10.2. The van der Waals surface area contributed by atoms with E-state index >= 15 is 0 Å². The minimum atomic E-state index is -1.21. The first-order valence-corrected chi connectivity index (χ1v) is 4.14. The second kappa shape index (κ2) is 4.11. The quantitative estimate of drug-likeness (QED) is 0.656. The van der Waals surface area contributed by atoms with Crippen molar-refractivity contribution in [3.63, 3.8) is 0 Å². The summed E-state index contributed by atoms with van der Waals surface area (Å²) in [6, 6.07) is 0. The summed E-state index contributed by atoms with van der Waals surface area (Å²) >= 11 is 0. The Morgan fingerprint density at radius 1 is 1.71 bits per heavy atom. The van der Waals surface area contributed by atoms with Crippen molar-refractivity contribution >= 4 is 5.97 Å². The van der Waals surface area contributed by atoms with Crippen LogP contribution in [0.1, 0.15) is 6.42 Å². The van der Waals surface area contributed by atoms with Crippen LogP contribution in [0.15, 0.2) is 36.1 Å². The molecule has 0 bridgehead atoms. The van der Waals surface area contributed by atoms with E-state index < -0.39 is 11.6 Å². The van der Waals surface area contributed by atoms with E-state index in [1.165, 1.54) is 19.3 Å². The number of allylic oxidation sites excluding steroid dienone is 1. The first-order valence-electron chi connectivity index (χ1n) is 4.14. The number of aliphatic carboxylic acids is 1. The molecule has 0 amide bonds. The Morgan fingerprint density at radius 3 is 2.86 bits per heavy atom. The smallest absolute Gasteiger partial charge is 0.328 e. The Bertz CT molecular complexity index is 314. The van der Waals surface area contributed by atoms with Gasteiger partial charge < -0.3 is 14.9 Å². The molecule has 0 aliphatic heterocycles. The van der Waals surface area contributed by atoms with Gasteiger partial charge in [0.05, 0.1) is 7.11 Å². The fraction of sp³-hybridized carbons (Fsp3) is 0.300. The predicted octanol–water partition coefficient (Wildman–Crippen LogP) is 0.849. The van der Waals surface area contributed by atoms with Gasteiger partial charge in [-0.05, 0) is 24.3 Å². The van der Waals surface area contributed by atoms with Crippen LogP contribution >= 0.6 is 0 Å². The number of carbonyl (C=O) groups is 1. The zero-order chi connectivity index (χ0) is 10.6. The zero-order valence-corrected chi connectivity index (χ0v) is 7.80. The van der Waals surface area contributed by atoms with Gasteiger partial charge in [0.1, 0.15) is 11.4 Å². The lowest BCUT2D eigenvalue weighted by molar-refractivity contribution is -0.131. The van der Waals surface area contributed by atoms with Crippen molar-refractivity contribution < 1.29 is 19.7 Å². The van der Waals surface area contributed by atoms with E-state index in [4.69, 9.17) is 9.84 Å². The Morgan fingerprint density at radius 2 is 2.43 bits per heavy atom. The highest BCUT2D eigenvalue weighted by Gasteiger charge is 2.21. The first kappa shape index (κ1) is 10.5. The van der Waals surface area contributed by atoms with Crippen molar-refractivity contribution in [3.8, 4) is 0 Å². The van der Waals surface area contributed by atoms with Gasteiger partial charge >= 0.3 is 5.97 Å². The molecule has 1 aliphatic carbocycles. The van der Waals surface area contributed by atoms with Crippen LogP contribution in [0.4, 0.5) is 0 Å². The molecule has 1 rings (SSSR count). The van der Waals surface area contributed by atoms with E-state index in [0.29, 0.717) is 12.2 Å². The van der Waals surface area contributed by atoms with E-state index in [-0.39, 0.29) is 0 Å². The molecule has 2 N–H and O–H groups in total. The average molecular weight is 196 g/mol. The van der Waals surface area contributed by atoms with E-state index in [1.807, 2.05) is 0 Å². The first-order chi connectivity index (χ1) is 6.56. The highest BCUT2D eigenvalue weighted by atomic mass is 16.5. The molecule has 0 aromatic carbocycles. The van der Waals surface area contributed by atoms with Gasteiger partial charge in [-0.1, -0.05) is 0 Å². The molecule has 0 aromatic heterocycles. The number of ether oxygens (including phenoxy) is 1. The molecule has 0 aromatic rings. The second-order valence-corrected chi connectivity index (χ2v) is 3.01. The number of carboxylic acid groups (broad SMARTS) is 1. The van der Waals surface area contributed by atoms with E-state index in [0.717, 1.165) is 6.08 Å². The molecule has 0 heterocycles. The van der Waals surface area contributed by atoms with Gasteiger partial charge in [0.25, 0.3) is 0 Å². The Balaban J connectivity index is 2.69. The van der Waals surface area contributed by atoms with Crippen molar-refractivity contribution in [1.29, 1.82) is 0 Å². The summed E-state index contributed by atoms with van der Waals surface area (Å²) in [6.07, 6.45) is 7.30. The molecule has 0 saturated carbocycles. The lowest BCUT2D eigenvalue weighted by Gasteiger charge is -2.22. The van der Waals surface area contributed by atoms with Gasteiger partial charge in [0, 0.05) is 12.5 Å². The molecule has 1 aliphatic rings. The molecular weight excluding hydrogens is 184 g/mol. The molecular formula is C10H12O4. The van der Waals surface area contributed by atoms with Crippen LogP contribution < -0.4 is 0 Å². The lowest BCUT2D eigenvalue weighted by atomic mass is 9.94. The van der Waals surface area contributed by atoms with E-state index in [2.05, 4.69) is 0 Å². The largest absolute Gasteiger partial charge is 0.497 e. The van der Waals surface area contributed by atoms with E-state index in [9.17, 15) is 9.90 Å². The Kier molecular flexibility index (Phi) is 3.09. The van der Waals surface area contributed by atoms with Crippen LogP contribution in [0.25, 0.3) is 0 Å². The third kappa shape index (κ3) is 2.74. The molecule has 0 saturated heterocycles. The van der Waals surface area contributed by atoms with Crippen LogP contribution in [-0.2, 0) is 9.53 Å². The summed E-state index contributed by atoms with van der Waals surface area (Å²) in [5, 5.41) is 18.2. The molecule has 4 heteroatoms. The molecule has 4 nitrogen and oxygen atoms in total. The second-order valence-electron chi connectivity index (χ2n) is 3.01. The molecule has 14 heavy (non-hydrogen) atoms. The third-order valence-electron chi connectivity index (χ3n) is 1.92. The minimum Gasteiger partial charge on any atom is -0.497 e. The van der Waals surface area contributed by atoms with Crippen molar-refractivity contribution in [2.75, 3.05) is 7.11 Å². The zero-order valence-electron chi connectivity index (χ0n) is 7.80. The molecule has 0 spiro atoms. The fourth-order valence-corrected chi connectivity index (χ4v) is 1.12. The maximum Gasteiger partial charge on any atom is 0.328 e. The topological polar surface area (TPSA) is 66.8 Å². The molecule has 0 radical (unpaired) electrons. The Hall–Kier alpha value is -1.55. The normalized spacial score (nSPS) is 26.3. The number of methoxy groups -OCH3 is 1. The number of aliphatic hydroxyl groups is 1. The van der Waals surface area contributed by atoms with Gasteiger partial charge in [0.15, 0.2) is 0 Å². The minimum absolute atomic E-state index is 0.316. The van der Waals surface area contributed by atoms with Crippen molar-refractivity contribution in [3.05, 3.63) is 36.1 Å².